The van der Waals surface area contributed by atoms with Gasteiger partial charge in [-0.3, -0.25) is 9.36 Å². The Balaban J connectivity index is 1.52. The second-order valence-electron chi connectivity index (χ2n) is 7.01. The van der Waals surface area contributed by atoms with Crippen LogP contribution in [0.2, 0.25) is 5.02 Å². The summed E-state index contributed by atoms with van der Waals surface area (Å²) in [7, 11) is 1.80. The fourth-order valence-electron chi connectivity index (χ4n) is 3.14. The number of hydrogen-bond donors (Lipinski definition) is 0. The van der Waals surface area contributed by atoms with Gasteiger partial charge in [0.25, 0.3) is 0 Å². The van der Waals surface area contributed by atoms with Gasteiger partial charge >= 0.3 is 0 Å². The molecule has 4 rings (SSSR count). The van der Waals surface area contributed by atoms with E-state index in [9.17, 15) is 4.79 Å². The smallest absolute Gasteiger partial charge is 0.233 e. The van der Waals surface area contributed by atoms with Crippen LogP contribution in [0.4, 0.5) is 0 Å². The molecule has 3 aromatic carbocycles. The van der Waals surface area contributed by atoms with Crippen molar-refractivity contribution in [3.63, 3.8) is 0 Å². The fraction of sp³-hybridized carbons (Fsp3) is 0.125. The third-order valence-electron chi connectivity index (χ3n) is 4.76. The number of halogens is 1. The number of carbonyl (C=O) groups excluding carboxylic acids is 1. The zero-order valence-corrected chi connectivity index (χ0v) is 18.6. The molecule has 7 heteroatoms. The summed E-state index contributed by atoms with van der Waals surface area (Å²) >= 11 is 7.32. The summed E-state index contributed by atoms with van der Waals surface area (Å²) in [6.45, 7) is 0.525. The highest BCUT2D eigenvalue weighted by molar-refractivity contribution is 7.99. The van der Waals surface area contributed by atoms with Gasteiger partial charge in [-0.25, -0.2) is 0 Å². The molecule has 0 atom stereocenters. The van der Waals surface area contributed by atoms with E-state index in [1.165, 1.54) is 11.8 Å². The van der Waals surface area contributed by atoms with Crippen LogP contribution in [0.5, 0.6) is 0 Å². The summed E-state index contributed by atoms with van der Waals surface area (Å²) in [5.41, 5.74) is 2.96. The Morgan fingerprint density at radius 3 is 2.26 bits per heavy atom. The predicted molar refractivity (Wildman–Crippen MR) is 125 cm³/mol. The van der Waals surface area contributed by atoms with Gasteiger partial charge in [-0.2, -0.15) is 0 Å². The zero-order chi connectivity index (χ0) is 21.6. The van der Waals surface area contributed by atoms with E-state index in [2.05, 4.69) is 10.2 Å². The Morgan fingerprint density at radius 1 is 0.935 bits per heavy atom. The summed E-state index contributed by atoms with van der Waals surface area (Å²) in [4.78, 5) is 14.4. The summed E-state index contributed by atoms with van der Waals surface area (Å²) < 4.78 is 1.99. The molecule has 0 aliphatic rings. The van der Waals surface area contributed by atoms with Crippen molar-refractivity contribution in [3.05, 3.63) is 95.5 Å². The largest absolute Gasteiger partial charge is 0.341 e. The molecule has 0 saturated heterocycles. The highest BCUT2D eigenvalue weighted by Gasteiger charge is 2.18. The molecule has 0 radical (unpaired) electrons. The molecule has 0 spiro atoms. The Hall–Kier alpha value is -3.09. The van der Waals surface area contributed by atoms with Gasteiger partial charge in [0.15, 0.2) is 11.0 Å². The number of nitrogens with zero attached hydrogens (tertiary/aromatic N) is 4. The molecule has 4 aromatic rings. The van der Waals surface area contributed by atoms with Crippen LogP contribution in [0.3, 0.4) is 0 Å². The molecule has 0 aliphatic carbocycles. The Morgan fingerprint density at radius 2 is 1.58 bits per heavy atom. The Labute approximate surface area is 190 Å². The van der Waals surface area contributed by atoms with Gasteiger partial charge in [0.2, 0.25) is 5.91 Å². The molecule has 0 aliphatic heterocycles. The van der Waals surface area contributed by atoms with Gasteiger partial charge in [-0.15, -0.1) is 10.2 Å². The van der Waals surface area contributed by atoms with Gasteiger partial charge in [0.1, 0.15) is 0 Å². The number of amides is 1. The van der Waals surface area contributed by atoms with Gasteiger partial charge in [0.05, 0.1) is 5.75 Å². The summed E-state index contributed by atoms with van der Waals surface area (Å²) in [5.74, 6) is 1.03. The van der Waals surface area contributed by atoms with E-state index in [0.29, 0.717) is 16.7 Å². The van der Waals surface area contributed by atoms with E-state index in [-0.39, 0.29) is 11.7 Å². The van der Waals surface area contributed by atoms with Crippen molar-refractivity contribution in [1.29, 1.82) is 0 Å². The maximum atomic E-state index is 12.7. The van der Waals surface area contributed by atoms with E-state index in [0.717, 1.165) is 22.6 Å². The maximum Gasteiger partial charge on any atom is 0.233 e. The minimum Gasteiger partial charge on any atom is -0.341 e. The van der Waals surface area contributed by atoms with Gasteiger partial charge in [0, 0.05) is 29.9 Å². The molecule has 31 heavy (non-hydrogen) atoms. The van der Waals surface area contributed by atoms with Crippen molar-refractivity contribution in [2.75, 3.05) is 12.8 Å². The molecule has 1 aromatic heterocycles. The molecule has 5 nitrogen and oxygen atoms in total. The third-order valence-corrected chi connectivity index (χ3v) is 5.93. The van der Waals surface area contributed by atoms with Crippen LogP contribution >= 0.6 is 23.4 Å². The normalized spacial score (nSPS) is 10.8. The molecule has 0 fully saturated rings. The average Bonchev–Trinajstić information content (AvgIpc) is 3.24. The van der Waals surface area contributed by atoms with Gasteiger partial charge in [-0.1, -0.05) is 84.0 Å². The van der Waals surface area contributed by atoms with Crippen LogP contribution in [0.1, 0.15) is 5.56 Å². The van der Waals surface area contributed by atoms with Crippen molar-refractivity contribution < 1.29 is 4.79 Å². The number of aromatic nitrogens is 3. The van der Waals surface area contributed by atoms with Crippen molar-refractivity contribution in [2.24, 2.45) is 0 Å². The quantitative estimate of drug-likeness (QED) is 0.358. The van der Waals surface area contributed by atoms with E-state index in [1.54, 1.807) is 11.9 Å². The van der Waals surface area contributed by atoms with Crippen LogP contribution < -0.4 is 0 Å². The predicted octanol–water partition coefficient (Wildman–Crippen LogP) is 5.34. The highest BCUT2D eigenvalue weighted by atomic mass is 35.5. The Kier molecular flexibility index (Phi) is 6.70. The maximum absolute atomic E-state index is 12.7. The average molecular weight is 449 g/mol. The molecule has 0 N–H and O–H groups in total. The lowest BCUT2D eigenvalue weighted by atomic mass is 10.2. The van der Waals surface area contributed by atoms with Crippen LogP contribution in [-0.4, -0.2) is 38.4 Å². The van der Waals surface area contributed by atoms with E-state index < -0.39 is 0 Å². The number of benzene rings is 3. The summed E-state index contributed by atoms with van der Waals surface area (Å²) in [6.07, 6.45) is 0. The van der Waals surface area contributed by atoms with Crippen LogP contribution in [0.15, 0.2) is 90.1 Å². The van der Waals surface area contributed by atoms with Crippen molar-refractivity contribution >= 4 is 29.3 Å². The zero-order valence-electron chi connectivity index (χ0n) is 17.0. The molecule has 1 amide bonds. The first-order valence-corrected chi connectivity index (χ1v) is 11.2. The molecular weight excluding hydrogens is 428 g/mol. The number of hydrogen-bond acceptors (Lipinski definition) is 4. The Bertz CT molecular complexity index is 1150. The first kappa shape index (κ1) is 21.2. The van der Waals surface area contributed by atoms with E-state index in [4.69, 9.17) is 11.6 Å². The van der Waals surface area contributed by atoms with Crippen LogP contribution in [-0.2, 0) is 11.3 Å². The first-order chi connectivity index (χ1) is 15.1. The van der Waals surface area contributed by atoms with E-state index >= 15 is 0 Å². The molecule has 1 heterocycles. The lowest BCUT2D eigenvalue weighted by Gasteiger charge is -2.17. The van der Waals surface area contributed by atoms with Crippen LogP contribution in [0, 0.1) is 0 Å². The summed E-state index contributed by atoms with van der Waals surface area (Å²) in [5, 5.41) is 10.2. The number of thioether (sulfide) groups is 1. The molecular formula is C24H21ClN4OS. The highest BCUT2D eigenvalue weighted by Crippen LogP contribution is 2.28. The minimum absolute atomic E-state index is 0.0174. The monoisotopic (exact) mass is 448 g/mol. The topological polar surface area (TPSA) is 51.0 Å². The van der Waals surface area contributed by atoms with Gasteiger partial charge < -0.3 is 4.90 Å². The van der Waals surface area contributed by atoms with E-state index in [1.807, 2.05) is 89.5 Å². The standard InChI is InChI=1S/C24H21ClN4OS/c1-28(16-18-12-14-20(25)15-13-18)22(30)17-31-24-27-26-23(19-8-4-2-5-9-19)29(24)21-10-6-3-7-11-21/h2-15H,16-17H2,1H3. The number of para-hydroxylation sites is 1. The van der Waals surface area contributed by atoms with Gasteiger partial charge in [-0.05, 0) is 29.8 Å². The number of carbonyl (C=O) groups is 1. The second-order valence-corrected chi connectivity index (χ2v) is 8.39. The summed E-state index contributed by atoms with van der Waals surface area (Å²) in [6, 6.07) is 27.4. The van der Waals surface area contributed by atoms with Crippen molar-refractivity contribution in [3.8, 4) is 17.1 Å². The lowest BCUT2D eigenvalue weighted by molar-refractivity contribution is -0.127. The van der Waals surface area contributed by atoms with Crippen molar-refractivity contribution in [1.82, 2.24) is 19.7 Å². The lowest BCUT2D eigenvalue weighted by Crippen LogP contribution is -2.27. The SMILES string of the molecule is CN(Cc1ccc(Cl)cc1)C(=O)CSc1nnc(-c2ccccc2)n1-c1ccccc1. The van der Waals surface area contributed by atoms with Crippen LogP contribution in [0.25, 0.3) is 17.1 Å². The first-order valence-electron chi connectivity index (χ1n) is 9.79. The fourth-order valence-corrected chi connectivity index (χ4v) is 4.15. The minimum atomic E-state index is 0.0174. The molecule has 156 valence electrons. The molecule has 0 unspecified atom stereocenters. The molecule has 0 saturated carbocycles. The second kappa shape index (κ2) is 9.81. The third kappa shape index (κ3) is 5.16. The number of rotatable bonds is 7. The molecule has 0 bridgehead atoms. The van der Waals surface area contributed by atoms with Crippen molar-refractivity contribution in [2.45, 2.75) is 11.7 Å².